The van der Waals surface area contributed by atoms with Gasteiger partial charge in [0.25, 0.3) is 0 Å². The molecule has 0 amide bonds. The van der Waals surface area contributed by atoms with Crippen LogP contribution in [-0.4, -0.2) is 60.8 Å². The van der Waals surface area contributed by atoms with Gasteiger partial charge in [-0.2, -0.15) is 0 Å². The number of allylic oxidation sites excluding steroid dienone is 6. The van der Waals surface area contributed by atoms with Crippen molar-refractivity contribution in [3.05, 3.63) is 276 Å². The summed E-state index contributed by atoms with van der Waals surface area (Å²) < 4.78 is 8.10. The monoisotopic (exact) mass is 2300 g/mol. The second-order valence-corrected chi connectivity index (χ2v) is 37.2. The first-order chi connectivity index (χ1) is 60.5. The van der Waals surface area contributed by atoms with Crippen molar-refractivity contribution < 1.29 is 90.0 Å². The number of carbonyl (C=O) groups is 3. The molecule has 12 nitrogen and oxygen atoms in total. The summed E-state index contributed by atoms with van der Waals surface area (Å²) in [5.41, 5.74) is 12.8. The molecule has 16 aromatic rings. The Bertz CT molecular complexity index is 6430. The molecule has 0 aliphatic carbocycles. The van der Waals surface area contributed by atoms with Gasteiger partial charge >= 0.3 is 0 Å². The fraction of sp³-hybridized carbons (Fsp3) is 0.357. The fourth-order valence-corrected chi connectivity index (χ4v) is 19.3. The maximum absolute atomic E-state index is 11.7. The zero-order valence-corrected chi connectivity index (χ0v) is 87.6. The number of aromatic nitrogens is 6. The van der Waals surface area contributed by atoms with Crippen LogP contribution in [0.5, 0.6) is 0 Å². The third-order valence-electron chi connectivity index (χ3n) is 24.8. The number of thiophene rings is 2. The largest absolute Gasteiger partial charge is 0.512 e. The topological polar surface area (TPSA) is 164 Å². The van der Waals surface area contributed by atoms with Crippen LogP contribution in [0.15, 0.2) is 235 Å². The molecular weight excluding hydrogens is 2170 g/mol. The number of nitrogens with zero attached hydrogens (tertiary/aromatic N) is 6. The van der Waals surface area contributed by atoms with Crippen molar-refractivity contribution in [2.75, 3.05) is 0 Å². The van der Waals surface area contributed by atoms with Crippen molar-refractivity contribution in [1.82, 2.24) is 28.2 Å². The van der Waals surface area contributed by atoms with Gasteiger partial charge in [-0.25, -0.2) is 0 Å². The number of aliphatic hydroxyl groups excluding tert-OH is 3. The van der Waals surface area contributed by atoms with Gasteiger partial charge in [-0.1, -0.05) is 251 Å². The predicted molar refractivity (Wildman–Crippen MR) is 535 cm³/mol. The first-order valence-electron chi connectivity index (χ1n) is 45.7. The van der Waals surface area contributed by atoms with E-state index in [0.29, 0.717) is 0 Å². The van der Waals surface area contributed by atoms with Gasteiger partial charge in [-0.15, -0.1) is 116 Å². The molecule has 17 heteroatoms. The molecular formula is C112H129Ir3N6O6S2-3. The first kappa shape index (κ1) is 105. The van der Waals surface area contributed by atoms with Crippen molar-refractivity contribution in [1.29, 1.82) is 0 Å². The van der Waals surface area contributed by atoms with E-state index in [9.17, 15) is 29.7 Å². The summed E-state index contributed by atoms with van der Waals surface area (Å²) in [5, 5.41) is 43.8. The number of hydrogen-bond donors (Lipinski definition) is 3. The van der Waals surface area contributed by atoms with Crippen molar-refractivity contribution in [3.8, 4) is 34.2 Å². The number of hydrogen-bond acceptors (Lipinski definition) is 11. The second kappa shape index (κ2) is 48.2. The Morgan fingerprint density at radius 1 is 0.372 bits per heavy atom. The molecule has 3 radical (unpaired) electrons. The molecule has 0 fully saturated rings. The summed E-state index contributed by atoms with van der Waals surface area (Å²) in [6, 6.07) is 73.4. The van der Waals surface area contributed by atoms with Gasteiger partial charge in [0, 0.05) is 164 Å². The minimum absolute atomic E-state index is 0. The van der Waals surface area contributed by atoms with E-state index in [1.165, 1.54) is 97.9 Å². The standard InChI is InChI=1S/C27H21N2S.C23H19N2S.C23H17N2.3C13H24O2.3Ir/c1-27(2,3)23-15-18(14-17-8-4-5-9-20(17)23)25-28-16-19-12-13-22-21-10-6-7-11-24(21)30-26(22)29(19)25;1-23(2,3)20-13-17(12-16-6-4-5-7-19(16)20)21-24-14-18-9-8-15-10-11-26-22(15)25(18)21;1-15-11-16(2)13-18(12-15)23-24-14-19-8-9-21-20-6-4-3-5-17(20)7-10-22(21)25(19)23;3*1-5-10(6-2)12(14)9-13(15)11(7-3)8-4;;;/h4-13,15-16H,1-3H3;4-11,13-14H,1-3H3;3-12,14H,1-2H3;3*9-11,14H,5-8H2,1-4H3;;;/q3*-1;;;;;;. The van der Waals surface area contributed by atoms with Gasteiger partial charge in [-0.3, -0.25) is 29.3 Å². The Kier molecular flexibility index (Phi) is 39.2. The molecule has 16 rings (SSSR count). The van der Waals surface area contributed by atoms with E-state index >= 15 is 0 Å². The molecule has 685 valence electrons. The van der Waals surface area contributed by atoms with Gasteiger partial charge in [0.2, 0.25) is 0 Å². The number of imidazole rings is 3. The maximum Gasteiger partial charge on any atom is 0.162 e. The van der Waals surface area contributed by atoms with Gasteiger partial charge in [0.15, 0.2) is 17.3 Å². The average molecular weight is 2300 g/mol. The van der Waals surface area contributed by atoms with Crippen LogP contribution in [0.25, 0.3) is 124 Å². The van der Waals surface area contributed by atoms with Gasteiger partial charge in [0.1, 0.15) is 9.66 Å². The van der Waals surface area contributed by atoms with Crippen molar-refractivity contribution in [2.24, 2.45) is 35.5 Å². The van der Waals surface area contributed by atoms with E-state index in [-0.39, 0.29) is 141 Å². The maximum atomic E-state index is 11.7. The Labute approximate surface area is 813 Å². The van der Waals surface area contributed by atoms with Crippen molar-refractivity contribution >= 4 is 130 Å². The molecule has 129 heavy (non-hydrogen) atoms. The molecule has 0 bridgehead atoms. The number of aryl methyl sites for hydroxylation is 2. The minimum atomic E-state index is 0. The zero-order chi connectivity index (χ0) is 90.8. The summed E-state index contributed by atoms with van der Waals surface area (Å²) >= 11 is 3.58. The number of benzene rings is 8. The Morgan fingerprint density at radius 2 is 0.736 bits per heavy atom. The van der Waals surface area contributed by atoms with E-state index in [1.807, 2.05) is 113 Å². The number of pyridine rings is 3. The number of aliphatic hydroxyl groups is 3. The van der Waals surface area contributed by atoms with E-state index in [1.54, 1.807) is 11.3 Å². The van der Waals surface area contributed by atoms with Crippen molar-refractivity contribution in [3.63, 3.8) is 0 Å². The molecule has 0 atom stereocenters. The summed E-state index contributed by atoms with van der Waals surface area (Å²) in [7, 11) is 0. The number of fused-ring (bicyclic) bond motifs is 15. The van der Waals surface area contributed by atoms with Crippen LogP contribution in [0.2, 0.25) is 0 Å². The molecule has 3 N–H and O–H groups in total. The smallest absolute Gasteiger partial charge is 0.162 e. The van der Waals surface area contributed by atoms with E-state index in [0.717, 1.165) is 144 Å². The second-order valence-electron chi connectivity index (χ2n) is 35.3. The summed E-state index contributed by atoms with van der Waals surface area (Å²) in [5.74, 6) is 4.51. The molecule has 8 heterocycles. The Morgan fingerprint density at radius 3 is 1.17 bits per heavy atom. The molecule has 0 unspecified atom stereocenters. The van der Waals surface area contributed by atoms with Crippen LogP contribution in [-0.2, 0) is 85.5 Å². The van der Waals surface area contributed by atoms with E-state index in [2.05, 4.69) is 268 Å². The van der Waals surface area contributed by atoms with Gasteiger partial charge < -0.3 is 28.5 Å². The van der Waals surface area contributed by atoms with Crippen LogP contribution in [0.3, 0.4) is 0 Å². The van der Waals surface area contributed by atoms with Crippen LogP contribution in [0.1, 0.15) is 224 Å². The van der Waals surface area contributed by atoms with Crippen LogP contribution >= 0.6 is 22.7 Å². The molecule has 0 aliphatic rings. The number of ketones is 3. The third kappa shape index (κ3) is 24.7. The predicted octanol–water partition coefficient (Wildman–Crippen LogP) is 31.4. The molecule has 0 aliphatic heterocycles. The van der Waals surface area contributed by atoms with E-state index in [4.69, 9.17) is 15.0 Å². The molecule has 0 saturated carbocycles. The van der Waals surface area contributed by atoms with Crippen molar-refractivity contribution in [2.45, 2.75) is 226 Å². The summed E-state index contributed by atoms with van der Waals surface area (Å²) in [6.07, 6.45) is 20.6. The quantitative estimate of drug-likeness (QED) is 0.0231. The van der Waals surface area contributed by atoms with Crippen LogP contribution in [0, 0.1) is 67.6 Å². The van der Waals surface area contributed by atoms with Gasteiger partial charge in [0.05, 0.1) is 51.3 Å². The first-order valence-corrected chi connectivity index (χ1v) is 47.4. The average Bonchev–Trinajstić information content (AvgIpc) is 0.815. The van der Waals surface area contributed by atoms with Crippen LogP contribution < -0.4 is 0 Å². The minimum Gasteiger partial charge on any atom is -0.512 e. The van der Waals surface area contributed by atoms with Gasteiger partial charge in [-0.05, 0) is 153 Å². The Hall–Kier alpha value is -9.37. The molecule has 8 aromatic carbocycles. The molecule has 8 aromatic heterocycles. The zero-order valence-electron chi connectivity index (χ0n) is 78.8. The third-order valence-corrected chi connectivity index (χ3v) is 26.9. The summed E-state index contributed by atoms with van der Waals surface area (Å²) in [6.45, 7) is 42.0. The number of rotatable bonds is 24. The van der Waals surface area contributed by atoms with Crippen LogP contribution in [0.4, 0.5) is 0 Å². The molecule has 0 saturated heterocycles. The Balaban J connectivity index is 0.000000195. The SMILES string of the molecule is CC(C)(C)c1cc(-c2ncc3ccc4c5ccccc5sc4n23)[c-]c2ccccc12.CC(C)(C)c1cc(-c2ncc3ccc4ccsc4n23)[c-]c2ccccc12.CCC(CC)C(=O)C=C(O)C(CC)CC.CCC(CC)C(=O)C=C(O)C(CC)CC.CCC(CC)C(=O)C=C(O)C(CC)CC.Cc1[c-]c(-c2ncc3ccc4c5ccccc5ccc4n23)cc(C)c1.[Ir].[Ir].[Ir]. The normalized spacial score (nSPS) is 12.0. The van der Waals surface area contributed by atoms with E-state index < -0.39 is 0 Å². The number of carbonyl (C=O) groups excluding carboxylic acids is 3. The summed E-state index contributed by atoms with van der Waals surface area (Å²) in [4.78, 5) is 51.9. The molecule has 0 spiro atoms. The fourth-order valence-electron chi connectivity index (χ4n) is 17.2.